The summed E-state index contributed by atoms with van der Waals surface area (Å²) in [6.07, 6.45) is -3.44. The lowest BCUT2D eigenvalue weighted by atomic mass is 10.1. The van der Waals surface area contributed by atoms with Crippen molar-refractivity contribution in [3.8, 4) is 11.5 Å². The second-order valence-electron chi connectivity index (χ2n) is 8.92. The van der Waals surface area contributed by atoms with Crippen molar-refractivity contribution in [1.29, 1.82) is 0 Å². The predicted octanol–water partition coefficient (Wildman–Crippen LogP) is 5.38. The maximum absolute atomic E-state index is 12.5. The number of carbonyl (C=O) groups excluding carboxylic acids is 1. The zero-order valence-electron chi connectivity index (χ0n) is 20.8. The Labute approximate surface area is 225 Å². The van der Waals surface area contributed by atoms with Crippen molar-refractivity contribution in [2.75, 3.05) is 18.0 Å². The lowest BCUT2D eigenvalue weighted by Crippen LogP contribution is -2.38. The van der Waals surface area contributed by atoms with Gasteiger partial charge >= 0.3 is 6.36 Å². The molecule has 3 aromatic rings. The molecule has 3 aromatic carbocycles. The number of nitrogens with zero attached hydrogens (tertiary/aromatic N) is 3. The summed E-state index contributed by atoms with van der Waals surface area (Å²) in [5, 5.41) is 24.7. The van der Waals surface area contributed by atoms with Gasteiger partial charge < -0.3 is 19.7 Å². The quantitative estimate of drug-likeness (QED) is 0.272. The lowest BCUT2D eigenvalue weighted by Gasteiger charge is -2.33. The smallest absolute Gasteiger partial charge is 0.490 e. The van der Waals surface area contributed by atoms with Crippen molar-refractivity contribution in [3.05, 3.63) is 98.1 Å². The molecular formula is C26H23F3N4O7. The van der Waals surface area contributed by atoms with Gasteiger partial charge in [0.25, 0.3) is 17.3 Å². The first kappa shape index (κ1) is 28.1. The number of hydrogen-bond acceptors (Lipinski definition) is 8. The highest BCUT2D eigenvalue weighted by Crippen LogP contribution is 2.28. The topological polar surface area (TPSA) is 137 Å². The van der Waals surface area contributed by atoms with E-state index in [1.54, 1.807) is 0 Å². The fraction of sp³-hybridized carbons (Fsp3) is 0.269. The summed E-state index contributed by atoms with van der Waals surface area (Å²) >= 11 is 0. The highest BCUT2D eigenvalue weighted by Gasteiger charge is 2.31. The van der Waals surface area contributed by atoms with Gasteiger partial charge in [0.2, 0.25) is 0 Å². The third-order valence-electron chi connectivity index (χ3n) is 6.14. The minimum atomic E-state index is -4.75. The molecule has 1 heterocycles. The van der Waals surface area contributed by atoms with Crippen LogP contribution in [0.5, 0.6) is 11.5 Å². The zero-order chi connectivity index (χ0) is 28.9. The number of nitro groups is 2. The van der Waals surface area contributed by atoms with Crippen molar-refractivity contribution in [3.63, 3.8) is 0 Å². The van der Waals surface area contributed by atoms with Gasteiger partial charge in [0.15, 0.2) is 0 Å². The van der Waals surface area contributed by atoms with E-state index in [0.29, 0.717) is 31.7 Å². The molecule has 1 fully saturated rings. The van der Waals surface area contributed by atoms with Gasteiger partial charge in [-0.3, -0.25) is 25.0 Å². The summed E-state index contributed by atoms with van der Waals surface area (Å²) in [6, 6.07) is 15.4. The Hall–Kier alpha value is -4.88. The molecule has 0 aromatic heterocycles. The van der Waals surface area contributed by atoms with Gasteiger partial charge in [0.05, 0.1) is 21.5 Å². The van der Waals surface area contributed by atoms with Crippen molar-refractivity contribution < 1.29 is 37.3 Å². The Morgan fingerprint density at radius 2 is 1.45 bits per heavy atom. The summed E-state index contributed by atoms with van der Waals surface area (Å²) in [4.78, 5) is 35.1. The van der Waals surface area contributed by atoms with Crippen molar-refractivity contribution in [2.24, 2.45) is 0 Å². The maximum Gasteiger partial charge on any atom is 0.573 e. The third-order valence-corrected chi connectivity index (χ3v) is 6.14. The van der Waals surface area contributed by atoms with Crippen LogP contribution in [0.25, 0.3) is 0 Å². The average molecular weight is 560 g/mol. The second kappa shape index (κ2) is 11.9. The number of halogens is 3. The monoisotopic (exact) mass is 560 g/mol. The van der Waals surface area contributed by atoms with E-state index < -0.39 is 33.5 Å². The van der Waals surface area contributed by atoms with Gasteiger partial charge in [-0.25, -0.2) is 0 Å². The number of alkyl halides is 3. The van der Waals surface area contributed by atoms with Gasteiger partial charge in [0, 0.05) is 50.3 Å². The fourth-order valence-electron chi connectivity index (χ4n) is 4.19. The first-order valence-electron chi connectivity index (χ1n) is 12.1. The number of amides is 1. The zero-order valence-corrected chi connectivity index (χ0v) is 20.8. The fourth-order valence-corrected chi connectivity index (χ4v) is 4.19. The van der Waals surface area contributed by atoms with Crippen LogP contribution in [-0.4, -0.2) is 41.3 Å². The molecule has 11 nitrogen and oxygen atoms in total. The summed E-state index contributed by atoms with van der Waals surface area (Å²) < 4.78 is 46.7. The number of nitro benzene ring substituents is 2. The van der Waals surface area contributed by atoms with Crippen LogP contribution in [0.2, 0.25) is 0 Å². The Bertz CT molecular complexity index is 1340. The maximum atomic E-state index is 12.5. The van der Waals surface area contributed by atoms with Gasteiger partial charge in [-0.05, 0) is 42.0 Å². The molecule has 40 heavy (non-hydrogen) atoms. The predicted molar refractivity (Wildman–Crippen MR) is 136 cm³/mol. The van der Waals surface area contributed by atoms with Gasteiger partial charge in [-0.15, -0.1) is 13.2 Å². The van der Waals surface area contributed by atoms with Crippen LogP contribution >= 0.6 is 0 Å². The summed E-state index contributed by atoms with van der Waals surface area (Å²) in [5.74, 6) is -0.537. The molecular weight excluding hydrogens is 537 g/mol. The Kier molecular flexibility index (Phi) is 8.36. The average Bonchev–Trinajstić information content (AvgIpc) is 2.92. The van der Waals surface area contributed by atoms with Crippen LogP contribution in [0.4, 0.5) is 30.2 Å². The van der Waals surface area contributed by atoms with Crippen molar-refractivity contribution in [1.82, 2.24) is 5.32 Å². The Morgan fingerprint density at radius 1 is 0.900 bits per heavy atom. The minimum absolute atomic E-state index is 0.0928. The molecule has 1 saturated heterocycles. The molecule has 0 radical (unpaired) electrons. The van der Waals surface area contributed by atoms with Crippen LogP contribution < -0.4 is 19.7 Å². The number of hydrogen-bond donors (Lipinski definition) is 1. The first-order valence-corrected chi connectivity index (χ1v) is 12.1. The van der Waals surface area contributed by atoms with Gasteiger partial charge in [-0.1, -0.05) is 12.1 Å². The molecule has 1 N–H and O–H groups in total. The second-order valence-corrected chi connectivity index (χ2v) is 8.92. The van der Waals surface area contributed by atoms with Crippen LogP contribution in [0.1, 0.15) is 28.8 Å². The SMILES string of the molecule is O=C(NCc1ccc(N2CCC(Oc3ccc(OC(F)(F)F)cc3)CC2)cc1)c1cc([N+](=O)[O-])cc([N+](=O)[O-])c1. The highest BCUT2D eigenvalue weighted by molar-refractivity contribution is 5.95. The Morgan fingerprint density at radius 3 is 1.98 bits per heavy atom. The molecule has 14 heteroatoms. The summed E-state index contributed by atoms with van der Waals surface area (Å²) in [7, 11) is 0. The summed E-state index contributed by atoms with van der Waals surface area (Å²) in [5.41, 5.74) is 0.426. The molecule has 1 aliphatic heterocycles. The first-order chi connectivity index (χ1) is 19.0. The van der Waals surface area contributed by atoms with E-state index in [1.807, 2.05) is 24.3 Å². The summed E-state index contributed by atoms with van der Waals surface area (Å²) in [6.45, 7) is 1.50. The molecule has 4 rings (SSSR count). The van der Waals surface area contributed by atoms with E-state index in [-0.39, 0.29) is 24.0 Å². The van der Waals surface area contributed by atoms with E-state index in [9.17, 15) is 38.2 Å². The standard InChI is InChI=1S/C26H23F3N4O7/c27-26(28,29)40-24-7-5-22(6-8-24)39-23-9-11-31(12-10-23)19-3-1-17(2-4-19)16-30-25(34)18-13-20(32(35)36)15-21(14-18)33(37)38/h1-8,13-15,23H,9-12,16H2,(H,30,34). The number of anilines is 1. The number of ether oxygens (including phenoxy) is 2. The lowest BCUT2D eigenvalue weighted by molar-refractivity contribution is -0.394. The van der Waals surface area contributed by atoms with E-state index in [4.69, 9.17) is 4.74 Å². The number of benzene rings is 3. The molecule has 210 valence electrons. The molecule has 0 unspecified atom stereocenters. The van der Waals surface area contributed by atoms with E-state index in [0.717, 1.165) is 29.4 Å². The number of carbonyl (C=O) groups is 1. The molecule has 1 amide bonds. The van der Waals surface area contributed by atoms with Gasteiger partial charge in [-0.2, -0.15) is 0 Å². The number of non-ortho nitro benzene ring substituents is 2. The minimum Gasteiger partial charge on any atom is -0.490 e. The van der Waals surface area contributed by atoms with E-state index in [1.165, 1.54) is 24.3 Å². The number of rotatable bonds is 9. The van der Waals surface area contributed by atoms with Crippen molar-refractivity contribution >= 4 is 23.0 Å². The van der Waals surface area contributed by atoms with Crippen LogP contribution in [0.15, 0.2) is 66.7 Å². The molecule has 1 aliphatic rings. The normalized spacial score (nSPS) is 13.9. The van der Waals surface area contributed by atoms with Crippen molar-refractivity contribution in [2.45, 2.75) is 31.9 Å². The van der Waals surface area contributed by atoms with Crippen LogP contribution in [-0.2, 0) is 6.54 Å². The molecule has 0 bridgehead atoms. The largest absolute Gasteiger partial charge is 0.573 e. The molecule has 0 atom stereocenters. The molecule has 0 saturated carbocycles. The van der Waals surface area contributed by atoms with Crippen LogP contribution in [0, 0.1) is 20.2 Å². The number of piperidine rings is 1. The number of nitrogens with one attached hydrogen (secondary N) is 1. The molecule has 0 aliphatic carbocycles. The Balaban J connectivity index is 1.27. The van der Waals surface area contributed by atoms with E-state index in [2.05, 4.69) is 15.0 Å². The van der Waals surface area contributed by atoms with Gasteiger partial charge in [0.1, 0.15) is 17.6 Å². The van der Waals surface area contributed by atoms with Crippen LogP contribution in [0.3, 0.4) is 0 Å². The highest BCUT2D eigenvalue weighted by atomic mass is 19.4. The third kappa shape index (κ3) is 7.58. The van der Waals surface area contributed by atoms with E-state index >= 15 is 0 Å². The molecule has 0 spiro atoms.